The van der Waals surface area contributed by atoms with Crippen molar-refractivity contribution in [2.75, 3.05) is 56.6 Å². The summed E-state index contributed by atoms with van der Waals surface area (Å²) in [6.07, 6.45) is 1.38. The molecule has 3 aromatic rings. The Balaban J connectivity index is 1.03. The highest BCUT2D eigenvalue weighted by Crippen LogP contribution is 2.53. The normalized spacial score (nSPS) is 19.8. The van der Waals surface area contributed by atoms with Crippen LogP contribution in [0.15, 0.2) is 65.8 Å². The molecule has 3 fully saturated rings. The van der Waals surface area contributed by atoms with Crippen molar-refractivity contribution < 1.29 is 48.2 Å². The topological polar surface area (TPSA) is 190 Å². The van der Waals surface area contributed by atoms with E-state index in [2.05, 4.69) is 11.1 Å². The highest BCUT2D eigenvalue weighted by molar-refractivity contribution is 7.99. The summed E-state index contributed by atoms with van der Waals surface area (Å²) in [5.41, 5.74) is 3.51. The molecule has 2 heterocycles. The summed E-state index contributed by atoms with van der Waals surface area (Å²) in [6, 6.07) is 16.0. The number of pyridine rings is 1. The minimum atomic E-state index is -3.09. The van der Waals surface area contributed by atoms with Gasteiger partial charge in [-0.15, -0.1) is 11.8 Å². The quantitative estimate of drug-likeness (QED) is 0.0779. The van der Waals surface area contributed by atoms with Gasteiger partial charge in [-0.3, -0.25) is 14.7 Å². The van der Waals surface area contributed by atoms with Crippen LogP contribution in [0.4, 0.5) is 0 Å². The van der Waals surface area contributed by atoms with Crippen molar-refractivity contribution in [3.63, 3.8) is 0 Å². The molecule has 5 N–H and O–H groups in total. The summed E-state index contributed by atoms with van der Waals surface area (Å²) in [4.78, 5) is 22.1. The van der Waals surface area contributed by atoms with Crippen molar-refractivity contribution in [1.29, 1.82) is 0 Å². The van der Waals surface area contributed by atoms with Gasteiger partial charge >= 0.3 is 0 Å². The average molecular weight is 834 g/mol. The molecule has 3 aliphatic rings. The van der Waals surface area contributed by atoms with E-state index >= 15 is 0 Å². The minimum absolute atomic E-state index is 0.0285. The molecule has 2 aromatic carbocycles. The number of hydrogen-bond donors (Lipinski definition) is 5. The molecule has 4 atom stereocenters. The van der Waals surface area contributed by atoms with Gasteiger partial charge in [-0.2, -0.15) is 0 Å². The van der Waals surface area contributed by atoms with Gasteiger partial charge < -0.3 is 39.9 Å². The number of hydrogen-bond acceptors (Lipinski definition) is 13. The monoisotopic (exact) mass is 833 g/mol. The summed E-state index contributed by atoms with van der Waals surface area (Å²) in [5, 5.41) is 50.6. The van der Waals surface area contributed by atoms with Crippen LogP contribution in [0.5, 0.6) is 5.75 Å². The highest BCUT2D eigenvalue weighted by Gasteiger charge is 2.48. The second-order valence-electron chi connectivity index (χ2n) is 14.8. The van der Waals surface area contributed by atoms with Crippen LogP contribution in [0.2, 0.25) is 5.02 Å². The Hall–Kier alpha value is -2.83. The second kappa shape index (κ2) is 19.3. The number of ether oxygens (including phenoxy) is 2. The largest absolute Gasteiger partial charge is 0.490 e. The summed E-state index contributed by atoms with van der Waals surface area (Å²) in [7, 11) is -3.09. The zero-order chi connectivity index (χ0) is 39.9. The van der Waals surface area contributed by atoms with Crippen LogP contribution >= 0.6 is 23.4 Å². The maximum absolute atomic E-state index is 13.3. The van der Waals surface area contributed by atoms with Crippen molar-refractivity contribution in [3.8, 4) is 16.9 Å². The molecule has 56 heavy (non-hydrogen) atoms. The molecule has 1 amide bonds. The fourth-order valence-corrected chi connectivity index (χ4v) is 9.16. The van der Waals surface area contributed by atoms with Crippen LogP contribution in [0.1, 0.15) is 49.7 Å². The van der Waals surface area contributed by atoms with Gasteiger partial charge in [0, 0.05) is 66.2 Å². The molecular formula is C40H52ClN3O10S2. The lowest BCUT2D eigenvalue weighted by atomic mass is 9.96. The first kappa shape index (κ1) is 42.8. The van der Waals surface area contributed by atoms with Crippen LogP contribution in [-0.2, 0) is 31.6 Å². The third kappa shape index (κ3) is 11.2. The van der Waals surface area contributed by atoms with Gasteiger partial charge in [0.25, 0.3) is 5.91 Å². The van der Waals surface area contributed by atoms with Crippen molar-refractivity contribution in [2.45, 2.75) is 86.1 Å². The molecule has 0 radical (unpaired) electrons. The average Bonchev–Trinajstić information content (AvgIpc) is 4.16. The smallest absolute Gasteiger partial charge is 0.254 e. The van der Waals surface area contributed by atoms with Gasteiger partial charge in [-0.1, -0.05) is 29.8 Å². The molecule has 1 aromatic heterocycles. The first-order valence-corrected chi connectivity index (χ1v) is 22.4. The minimum Gasteiger partial charge on any atom is -0.490 e. The molecule has 306 valence electrons. The number of aliphatic hydroxyl groups is 5. The van der Waals surface area contributed by atoms with E-state index in [0.29, 0.717) is 49.9 Å². The van der Waals surface area contributed by atoms with Gasteiger partial charge in [0.15, 0.2) is 15.9 Å². The number of benzene rings is 2. The summed E-state index contributed by atoms with van der Waals surface area (Å²) in [5.74, 6) is 0.811. The third-order valence-electron chi connectivity index (χ3n) is 10.6. The number of halogens is 1. The van der Waals surface area contributed by atoms with E-state index in [1.165, 1.54) is 4.90 Å². The molecule has 0 bridgehead atoms. The van der Waals surface area contributed by atoms with Gasteiger partial charge in [-0.05, 0) is 85.7 Å². The van der Waals surface area contributed by atoms with E-state index in [0.717, 1.165) is 58.6 Å². The highest BCUT2D eigenvalue weighted by atomic mass is 35.5. The van der Waals surface area contributed by atoms with Crippen molar-refractivity contribution >= 4 is 39.1 Å². The lowest BCUT2D eigenvalue weighted by Crippen LogP contribution is -2.54. The molecule has 2 saturated carbocycles. The predicted octanol–water partition coefficient (Wildman–Crippen LogP) is 3.02. The number of nitrogens with zero attached hydrogens (tertiary/aromatic N) is 3. The van der Waals surface area contributed by atoms with Gasteiger partial charge in [0.1, 0.15) is 24.1 Å². The lowest BCUT2D eigenvalue weighted by molar-refractivity contribution is -0.158. The molecule has 0 spiro atoms. The lowest BCUT2D eigenvalue weighted by Gasteiger charge is -2.32. The number of amides is 1. The predicted molar refractivity (Wildman–Crippen MR) is 213 cm³/mol. The van der Waals surface area contributed by atoms with E-state index < -0.39 is 52.4 Å². The van der Waals surface area contributed by atoms with E-state index in [1.807, 2.05) is 53.6 Å². The number of rotatable bonds is 21. The van der Waals surface area contributed by atoms with Crippen LogP contribution in [0.25, 0.3) is 11.1 Å². The number of carbonyl (C=O) groups excluding carboxylic acids is 1. The zero-order valence-electron chi connectivity index (χ0n) is 31.3. The maximum atomic E-state index is 13.3. The van der Waals surface area contributed by atoms with Crippen molar-refractivity contribution in [3.05, 3.63) is 77.1 Å². The fraction of sp³-hybridized carbons (Fsp3) is 0.550. The standard InChI is InChI=1S/C40H52ClN3O10S2/c41-33-10-9-29(23-27(33)26-53-40(12-13-40)32-24-42-14-11-30(32)31-5-1-2-6-35(31)54-28-7-8-28)55-20-4-3-15-44(17-16-43-18-21-56(51,52)22-19-43)39(50)38(49)37(48)36(47)34(46)25-45/h1-2,5-6,9-11,14,23-24,28,34,36-38,45-49H,3-4,7-8,12-13,15-22,25-26H2/t34-,36+,37-,38-/m0/s1. The maximum Gasteiger partial charge on any atom is 0.254 e. The number of aromatic nitrogens is 1. The first-order valence-electron chi connectivity index (χ1n) is 19.2. The molecule has 1 saturated heterocycles. The first-order chi connectivity index (χ1) is 26.9. The Kier molecular flexibility index (Phi) is 14.7. The number of carbonyl (C=O) groups is 1. The SMILES string of the molecule is O=C([C@@H](O)[C@@H](O)[C@H](O)[C@@H](O)CO)N(CCCCSc1ccc(Cl)c(COC2(c3cnccc3-c3ccccc3OC3CC3)CC2)c1)CCN1CCS(=O)(=O)CC1. The van der Waals surface area contributed by atoms with Gasteiger partial charge in [-0.25, -0.2) is 8.42 Å². The Morgan fingerprint density at radius 3 is 2.46 bits per heavy atom. The van der Waals surface area contributed by atoms with Gasteiger partial charge in [0.2, 0.25) is 0 Å². The molecule has 16 heteroatoms. The van der Waals surface area contributed by atoms with Crippen LogP contribution in [-0.4, -0.2) is 142 Å². The number of thioether (sulfide) groups is 1. The van der Waals surface area contributed by atoms with E-state index in [-0.39, 0.29) is 30.7 Å². The Morgan fingerprint density at radius 1 is 1.00 bits per heavy atom. The Bertz CT molecular complexity index is 1880. The van der Waals surface area contributed by atoms with Crippen molar-refractivity contribution in [2.24, 2.45) is 0 Å². The van der Waals surface area contributed by atoms with E-state index in [4.69, 9.17) is 26.2 Å². The Labute approximate surface area is 337 Å². The molecule has 1 aliphatic heterocycles. The zero-order valence-corrected chi connectivity index (χ0v) is 33.7. The Morgan fingerprint density at radius 2 is 1.75 bits per heavy atom. The number of para-hydroxylation sites is 1. The molecule has 6 rings (SSSR count). The van der Waals surface area contributed by atoms with Crippen molar-refractivity contribution in [1.82, 2.24) is 14.8 Å². The third-order valence-corrected chi connectivity index (χ3v) is 13.6. The summed E-state index contributed by atoms with van der Waals surface area (Å²) in [6.45, 7) is 0.886. The molecular weight excluding hydrogens is 782 g/mol. The summed E-state index contributed by atoms with van der Waals surface area (Å²) < 4.78 is 36.7. The number of unbranched alkanes of at least 4 members (excludes halogenated alkanes) is 1. The van der Waals surface area contributed by atoms with E-state index in [1.54, 1.807) is 18.0 Å². The van der Waals surface area contributed by atoms with E-state index in [9.17, 15) is 33.6 Å². The number of sulfone groups is 1. The van der Waals surface area contributed by atoms with Crippen LogP contribution in [0, 0.1) is 0 Å². The van der Waals surface area contributed by atoms with Gasteiger partial charge in [0.05, 0.1) is 36.4 Å². The summed E-state index contributed by atoms with van der Waals surface area (Å²) >= 11 is 8.30. The molecule has 2 aliphatic carbocycles. The second-order valence-corrected chi connectivity index (χ2v) is 18.7. The fourth-order valence-electron chi connectivity index (χ4n) is 6.74. The van der Waals surface area contributed by atoms with Crippen LogP contribution < -0.4 is 4.74 Å². The molecule has 13 nitrogen and oxygen atoms in total. The van der Waals surface area contributed by atoms with Crippen LogP contribution in [0.3, 0.4) is 0 Å². The molecule has 0 unspecified atom stereocenters. The number of aliphatic hydroxyl groups excluding tert-OH is 5.